The van der Waals surface area contributed by atoms with E-state index in [0.717, 1.165) is 17.1 Å². The van der Waals surface area contributed by atoms with Crippen LogP contribution >= 0.6 is 0 Å². The first kappa shape index (κ1) is 19.5. The summed E-state index contributed by atoms with van der Waals surface area (Å²) in [4.78, 5) is 15.8. The summed E-state index contributed by atoms with van der Waals surface area (Å²) in [5.74, 6) is 0.165. The first-order valence-electron chi connectivity index (χ1n) is 9.68. The lowest BCUT2D eigenvalue weighted by atomic mass is 10.1. The minimum atomic E-state index is 0.0799. The molecule has 0 aliphatic rings. The van der Waals surface area contributed by atoms with Crippen LogP contribution in [0.2, 0.25) is 0 Å². The van der Waals surface area contributed by atoms with Crippen LogP contribution in [0.1, 0.15) is 17.1 Å². The third kappa shape index (κ3) is 4.98. The molecule has 4 aromatic rings. The van der Waals surface area contributed by atoms with E-state index in [-0.39, 0.29) is 11.5 Å². The van der Waals surface area contributed by atoms with Crippen molar-refractivity contribution in [2.75, 3.05) is 0 Å². The molecule has 0 atom stereocenters. The number of aromatic nitrogens is 3. The molecular weight excluding hydrogens is 376 g/mol. The highest BCUT2D eigenvalue weighted by Crippen LogP contribution is 2.31. The van der Waals surface area contributed by atoms with Gasteiger partial charge in [0, 0.05) is 37.6 Å². The minimum absolute atomic E-state index is 0.0799. The average Bonchev–Trinajstić information content (AvgIpc) is 2.77. The van der Waals surface area contributed by atoms with Crippen LogP contribution in [0.4, 0.5) is 0 Å². The van der Waals surface area contributed by atoms with E-state index in [0.29, 0.717) is 30.9 Å². The molecule has 0 fully saturated rings. The molecule has 0 aliphatic heterocycles. The SMILES string of the molecule is Oc1ccc(O)c(-c2cccc(CN(Cc3ccccn3)Cc3ccccn3)n2)c1. The molecule has 6 heteroatoms. The van der Waals surface area contributed by atoms with E-state index in [4.69, 9.17) is 4.98 Å². The fraction of sp³-hybridized carbons (Fsp3) is 0.125. The van der Waals surface area contributed by atoms with Crippen LogP contribution in [0.25, 0.3) is 11.3 Å². The molecule has 3 heterocycles. The van der Waals surface area contributed by atoms with Gasteiger partial charge in [0.2, 0.25) is 0 Å². The molecule has 1 aromatic carbocycles. The molecule has 0 saturated heterocycles. The summed E-state index contributed by atoms with van der Waals surface area (Å²) in [6.45, 7) is 1.89. The second-order valence-corrected chi connectivity index (χ2v) is 7.00. The number of pyridine rings is 3. The van der Waals surface area contributed by atoms with Crippen LogP contribution in [0.15, 0.2) is 85.2 Å². The molecular formula is C24H22N4O2. The van der Waals surface area contributed by atoms with Gasteiger partial charge in [-0.25, -0.2) is 0 Å². The molecule has 4 rings (SSSR count). The first-order valence-corrected chi connectivity index (χ1v) is 9.68. The molecule has 2 N–H and O–H groups in total. The lowest BCUT2D eigenvalue weighted by Gasteiger charge is -2.21. The number of nitrogens with zero attached hydrogens (tertiary/aromatic N) is 4. The second kappa shape index (κ2) is 9.15. The fourth-order valence-corrected chi connectivity index (χ4v) is 3.29. The van der Waals surface area contributed by atoms with E-state index in [1.165, 1.54) is 18.2 Å². The number of phenolic OH excluding ortho intramolecular Hbond substituents is 2. The van der Waals surface area contributed by atoms with Crippen molar-refractivity contribution < 1.29 is 10.2 Å². The van der Waals surface area contributed by atoms with Crippen molar-refractivity contribution >= 4 is 0 Å². The third-order valence-electron chi connectivity index (χ3n) is 4.67. The molecule has 0 amide bonds. The molecule has 0 radical (unpaired) electrons. The van der Waals surface area contributed by atoms with Gasteiger partial charge in [-0.2, -0.15) is 0 Å². The highest BCUT2D eigenvalue weighted by Gasteiger charge is 2.13. The Balaban J connectivity index is 1.60. The van der Waals surface area contributed by atoms with Crippen LogP contribution in [0.5, 0.6) is 11.5 Å². The number of rotatable bonds is 7. The molecule has 3 aromatic heterocycles. The lowest BCUT2D eigenvalue weighted by molar-refractivity contribution is 0.239. The van der Waals surface area contributed by atoms with Crippen LogP contribution in [0.3, 0.4) is 0 Å². The maximum Gasteiger partial charge on any atom is 0.125 e. The lowest BCUT2D eigenvalue weighted by Crippen LogP contribution is -2.24. The Kier molecular flexibility index (Phi) is 5.96. The van der Waals surface area contributed by atoms with Crippen molar-refractivity contribution in [2.45, 2.75) is 19.6 Å². The monoisotopic (exact) mass is 398 g/mol. The van der Waals surface area contributed by atoms with E-state index in [1.807, 2.05) is 54.6 Å². The summed E-state index contributed by atoms with van der Waals surface area (Å²) in [5.41, 5.74) is 3.89. The smallest absolute Gasteiger partial charge is 0.125 e. The highest BCUT2D eigenvalue weighted by atomic mass is 16.3. The van der Waals surface area contributed by atoms with E-state index in [2.05, 4.69) is 14.9 Å². The van der Waals surface area contributed by atoms with E-state index < -0.39 is 0 Å². The Morgan fingerprint density at radius 3 is 1.93 bits per heavy atom. The zero-order chi connectivity index (χ0) is 20.8. The van der Waals surface area contributed by atoms with Crippen LogP contribution in [-0.4, -0.2) is 30.1 Å². The molecule has 0 aliphatic carbocycles. The summed E-state index contributed by atoms with van der Waals surface area (Å²) in [6, 6.07) is 21.9. The van der Waals surface area contributed by atoms with Crippen molar-refractivity contribution in [2.24, 2.45) is 0 Å². The van der Waals surface area contributed by atoms with Gasteiger partial charge in [-0.15, -0.1) is 0 Å². The Labute approximate surface area is 175 Å². The molecule has 6 nitrogen and oxygen atoms in total. The van der Waals surface area contributed by atoms with Crippen LogP contribution in [-0.2, 0) is 19.6 Å². The van der Waals surface area contributed by atoms with Gasteiger partial charge >= 0.3 is 0 Å². The van der Waals surface area contributed by atoms with Gasteiger partial charge in [0.05, 0.1) is 22.8 Å². The van der Waals surface area contributed by atoms with Gasteiger partial charge in [-0.05, 0) is 54.6 Å². The van der Waals surface area contributed by atoms with E-state index in [1.54, 1.807) is 12.4 Å². The van der Waals surface area contributed by atoms with Crippen molar-refractivity contribution in [3.05, 3.63) is 102 Å². The predicted octanol–water partition coefficient (Wildman–Crippen LogP) is 4.15. The molecule has 0 bridgehead atoms. The minimum Gasteiger partial charge on any atom is -0.508 e. The van der Waals surface area contributed by atoms with Gasteiger partial charge in [0.1, 0.15) is 11.5 Å². The van der Waals surface area contributed by atoms with Crippen molar-refractivity contribution in [1.29, 1.82) is 0 Å². The molecule has 0 saturated carbocycles. The van der Waals surface area contributed by atoms with Crippen molar-refractivity contribution in [3.63, 3.8) is 0 Å². The quantitative estimate of drug-likeness (QED) is 0.455. The number of aromatic hydroxyl groups is 2. The Bertz CT molecular complexity index is 1060. The third-order valence-corrected chi connectivity index (χ3v) is 4.67. The van der Waals surface area contributed by atoms with Crippen LogP contribution in [0, 0.1) is 0 Å². The standard InChI is InChI=1S/C24H22N4O2/c29-21-10-11-24(30)22(14-21)23-9-5-8-20(27-23)17-28(15-18-6-1-3-12-25-18)16-19-7-2-4-13-26-19/h1-14,29-30H,15-17H2. The summed E-state index contributed by atoms with van der Waals surface area (Å²) in [5, 5.41) is 20.0. The zero-order valence-corrected chi connectivity index (χ0v) is 16.4. The second-order valence-electron chi connectivity index (χ2n) is 7.00. The van der Waals surface area contributed by atoms with Gasteiger partial charge in [-0.3, -0.25) is 19.9 Å². The molecule has 0 spiro atoms. The number of benzene rings is 1. The molecule has 0 unspecified atom stereocenters. The number of hydrogen-bond acceptors (Lipinski definition) is 6. The summed E-state index contributed by atoms with van der Waals surface area (Å²) in [7, 11) is 0. The largest absolute Gasteiger partial charge is 0.508 e. The number of phenols is 2. The predicted molar refractivity (Wildman–Crippen MR) is 114 cm³/mol. The van der Waals surface area contributed by atoms with Gasteiger partial charge in [0.25, 0.3) is 0 Å². The summed E-state index contributed by atoms with van der Waals surface area (Å²) < 4.78 is 0. The maximum atomic E-state index is 10.2. The normalized spacial score (nSPS) is 11.0. The van der Waals surface area contributed by atoms with E-state index in [9.17, 15) is 10.2 Å². The highest BCUT2D eigenvalue weighted by molar-refractivity contribution is 5.68. The molecule has 150 valence electrons. The Hall–Kier alpha value is -3.77. The number of hydrogen-bond donors (Lipinski definition) is 2. The van der Waals surface area contributed by atoms with Crippen molar-refractivity contribution in [3.8, 4) is 22.8 Å². The zero-order valence-electron chi connectivity index (χ0n) is 16.4. The Morgan fingerprint density at radius 1 is 0.667 bits per heavy atom. The average molecular weight is 398 g/mol. The van der Waals surface area contributed by atoms with E-state index >= 15 is 0 Å². The van der Waals surface area contributed by atoms with Crippen molar-refractivity contribution in [1.82, 2.24) is 19.9 Å². The van der Waals surface area contributed by atoms with Gasteiger partial charge in [-0.1, -0.05) is 18.2 Å². The maximum absolute atomic E-state index is 10.2. The fourth-order valence-electron chi connectivity index (χ4n) is 3.29. The topological polar surface area (TPSA) is 82.4 Å². The summed E-state index contributed by atoms with van der Waals surface area (Å²) in [6.07, 6.45) is 3.58. The summed E-state index contributed by atoms with van der Waals surface area (Å²) >= 11 is 0. The first-order chi connectivity index (χ1) is 14.7. The van der Waals surface area contributed by atoms with Gasteiger partial charge < -0.3 is 10.2 Å². The van der Waals surface area contributed by atoms with Crippen LogP contribution < -0.4 is 0 Å². The Morgan fingerprint density at radius 2 is 1.30 bits per heavy atom. The molecule has 30 heavy (non-hydrogen) atoms. The van der Waals surface area contributed by atoms with Gasteiger partial charge in [0.15, 0.2) is 0 Å².